The van der Waals surface area contributed by atoms with E-state index in [1.165, 1.54) is 5.56 Å². The molecular weight excluding hydrogens is 268 g/mol. The van der Waals surface area contributed by atoms with Gasteiger partial charge in [-0.15, -0.1) is 0 Å². The van der Waals surface area contributed by atoms with Crippen LogP contribution < -0.4 is 5.56 Å². The van der Waals surface area contributed by atoms with Gasteiger partial charge in [0.25, 0.3) is 5.56 Å². The van der Waals surface area contributed by atoms with Crippen LogP contribution in [0, 0.1) is 4.77 Å². The van der Waals surface area contributed by atoms with Crippen molar-refractivity contribution in [3.63, 3.8) is 0 Å². The number of aryl methyl sites for hydroxylation is 1. The van der Waals surface area contributed by atoms with Crippen LogP contribution in [0.3, 0.4) is 0 Å². The molecule has 0 saturated carbocycles. The molecule has 3 aromatic rings. The summed E-state index contributed by atoms with van der Waals surface area (Å²) >= 11 is 5.34. The first-order chi connectivity index (χ1) is 9.70. The van der Waals surface area contributed by atoms with Crippen molar-refractivity contribution in [1.82, 2.24) is 9.55 Å². The van der Waals surface area contributed by atoms with E-state index in [0.29, 0.717) is 10.2 Å². The summed E-state index contributed by atoms with van der Waals surface area (Å²) in [6.45, 7) is 2.09. The van der Waals surface area contributed by atoms with E-state index in [1.807, 2.05) is 48.5 Å². The highest BCUT2D eigenvalue weighted by Gasteiger charge is 2.07. The third-order valence-electron chi connectivity index (χ3n) is 3.38. The highest BCUT2D eigenvalue weighted by Crippen LogP contribution is 2.12. The number of para-hydroxylation sites is 1. The van der Waals surface area contributed by atoms with Gasteiger partial charge in [0.1, 0.15) is 0 Å². The third kappa shape index (κ3) is 2.08. The first kappa shape index (κ1) is 12.8. The summed E-state index contributed by atoms with van der Waals surface area (Å²) in [4.78, 5) is 15.7. The highest BCUT2D eigenvalue weighted by molar-refractivity contribution is 7.71. The Morgan fingerprint density at radius 3 is 2.75 bits per heavy atom. The van der Waals surface area contributed by atoms with Crippen molar-refractivity contribution in [1.29, 1.82) is 0 Å². The van der Waals surface area contributed by atoms with Gasteiger partial charge in [0.2, 0.25) is 0 Å². The zero-order chi connectivity index (χ0) is 14.1. The van der Waals surface area contributed by atoms with Gasteiger partial charge in [-0.2, -0.15) is 0 Å². The molecular formula is C16H14N2OS. The Bertz CT molecular complexity index is 893. The molecule has 1 aromatic heterocycles. The van der Waals surface area contributed by atoms with E-state index in [0.717, 1.165) is 17.6 Å². The van der Waals surface area contributed by atoms with E-state index in [4.69, 9.17) is 12.2 Å². The molecule has 100 valence electrons. The molecule has 1 heterocycles. The molecule has 0 aliphatic carbocycles. The van der Waals surface area contributed by atoms with Crippen LogP contribution >= 0.6 is 12.2 Å². The van der Waals surface area contributed by atoms with Crippen LogP contribution in [0.15, 0.2) is 53.3 Å². The van der Waals surface area contributed by atoms with E-state index in [1.54, 1.807) is 4.57 Å². The summed E-state index contributed by atoms with van der Waals surface area (Å²) in [6.07, 6.45) is 0.923. The van der Waals surface area contributed by atoms with Crippen molar-refractivity contribution in [3.05, 3.63) is 69.2 Å². The Labute approximate surface area is 121 Å². The van der Waals surface area contributed by atoms with E-state index in [2.05, 4.69) is 11.9 Å². The summed E-state index contributed by atoms with van der Waals surface area (Å²) in [5.41, 5.74) is 2.67. The summed E-state index contributed by atoms with van der Waals surface area (Å²) in [6, 6.07) is 15.3. The fraction of sp³-hybridized carbons (Fsp3) is 0.125. The number of H-pyrrole nitrogens is 1. The first-order valence-electron chi connectivity index (χ1n) is 6.54. The number of rotatable bonds is 2. The van der Waals surface area contributed by atoms with Crippen LogP contribution in [0.25, 0.3) is 16.6 Å². The van der Waals surface area contributed by atoms with E-state index < -0.39 is 0 Å². The number of nitrogens with one attached hydrogen (secondary N) is 1. The Kier molecular flexibility index (Phi) is 3.24. The number of aromatic nitrogens is 2. The van der Waals surface area contributed by atoms with Gasteiger partial charge < -0.3 is 4.98 Å². The molecule has 0 fully saturated rings. The molecule has 3 nitrogen and oxygen atoms in total. The predicted molar refractivity (Wildman–Crippen MR) is 84.1 cm³/mol. The molecule has 0 unspecified atom stereocenters. The van der Waals surface area contributed by atoms with Gasteiger partial charge in [0.05, 0.1) is 16.6 Å². The number of aromatic amines is 1. The second-order valence-corrected chi connectivity index (χ2v) is 5.03. The second kappa shape index (κ2) is 5.06. The van der Waals surface area contributed by atoms with Crippen LogP contribution in [0.1, 0.15) is 12.5 Å². The lowest BCUT2D eigenvalue weighted by Crippen LogP contribution is -2.20. The van der Waals surface area contributed by atoms with E-state index >= 15 is 0 Å². The Morgan fingerprint density at radius 2 is 1.95 bits per heavy atom. The topological polar surface area (TPSA) is 37.8 Å². The molecule has 1 N–H and O–H groups in total. The molecule has 2 aromatic carbocycles. The molecule has 0 spiro atoms. The normalized spacial score (nSPS) is 10.8. The standard InChI is InChI=1S/C16H14N2OS/c1-2-11-6-5-7-12(10-11)18-15(19)13-8-3-4-9-14(13)17-16(18)20/h3-10H,2H2,1H3,(H,17,20). The van der Waals surface area contributed by atoms with Crippen LogP contribution in [-0.4, -0.2) is 9.55 Å². The largest absolute Gasteiger partial charge is 0.331 e. The number of hydrogen-bond donors (Lipinski definition) is 1. The Hall–Kier alpha value is -2.20. The SMILES string of the molecule is CCc1cccc(-n2c(=S)[nH]c3ccccc3c2=O)c1. The average Bonchev–Trinajstić information content (AvgIpc) is 2.47. The molecule has 0 radical (unpaired) electrons. The maximum Gasteiger partial charge on any atom is 0.266 e. The second-order valence-electron chi connectivity index (χ2n) is 4.64. The smallest absolute Gasteiger partial charge is 0.266 e. The monoisotopic (exact) mass is 282 g/mol. The fourth-order valence-electron chi connectivity index (χ4n) is 2.31. The lowest BCUT2D eigenvalue weighted by atomic mass is 10.1. The molecule has 0 aliphatic heterocycles. The van der Waals surface area contributed by atoms with Crippen LogP contribution in [0.4, 0.5) is 0 Å². The Morgan fingerprint density at radius 1 is 1.15 bits per heavy atom. The van der Waals surface area contributed by atoms with Crippen molar-refractivity contribution in [2.45, 2.75) is 13.3 Å². The first-order valence-corrected chi connectivity index (χ1v) is 6.95. The predicted octanol–water partition coefficient (Wildman–Crippen LogP) is 3.61. The van der Waals surface area contributed by atoms with Crippen LogP contribution in [0.2, 0.25) is 0 Å². The van der Waals surface area contributed by atoms with Crippen molar-refractivity contribution in [3.8, 4) is 5.69 Å². The van der Waals surface area contributed by atoms with Gasteiger partial charge in [-0.1, -0.05) is 31.2 Å². The lowest BCUT2D eigenvalue weighted by Gasteiger charge is -2.09. The lowest BCUT2D eigenvalue weighted by molar-refractivity contribution is 0.935. The zero-order valence-electron chi connectivity index (χ0n) is 11.1. The van der Waals surface area contributed by atoms with Crippen LogP contribution in [-0.2, 0) is 6.42 Å². The maximum atomic E-state index is 12.6. The minimum Gasteiger partial charge on any atom is -0.331 e. The zero-order valence-corrected chi connectivity index (χ0v) is 11.9. The van der Waals surface area contributed by atoms with Gasteiger partial charge in [-0.05, 0) is 48.5 Å². The molecule has 0 atom stereocenters. The van der Waals surface area contributed by atoms with Gasteiger partial charge in [-0.3, -0.25) is 9.36 Å². The molecule has 4 heteroatoms. The molecule has 0 amide bonds. The number of nitrogens with zero attached hydrogens (tertiary/aromatic N) is 1. The molecule has 3 rings (SSSR count). The summed E-state index contributed by atoms with van der Waals surface area (Å²) in [7, 11) is 0. The number of fused-ring (bicyclic) bond motifs is 1. The van der Waals surface area contributed by atoms with Gasteiger partial charge in [-0.25, -0.2) is 0 Å². The minimum atomic E-state index is -0.0856. The third-order valence-corrected chi connectivity index (χ3v) is 3.67. The quantitative estimate of drug-likeness (QED) is 0.729. The van der Waals surface area contributed by atoms with Crippen molar-refractivity contribution in [2.24, 2.45) is 0 Å². The minimum absolute atomic E-state index is 0.0856. The van der Waals surface area contributed by atoms with Gasteiger partial charge in [0, 0.05) is 0 Å². The van der Waals surface area contributed by atoms with Crippen molar-refractivity contribution < 1.29 is 0 Å². The fourth-order valence-corrected chi connectivity index (χ4v) is 2.61. The molecule has 20 heavy (non-hydrogen) atoms. The van der Waals surface area contributed by atoms with Crippen LogP contribution in [0.5, 0.6) is 0 Å². The van der Waals surface area contributed by atoms with Crippen molar-refractivity contribution >= 4 is 23.1 Å². The van der Waals surface area contributed by atoms with Gasteiger partial charge >= 0.3 is 0 Å². The number of hydrogen-bond acceptors (Lipinski definition) is 2. The molecule has 0 aliphatic rings. The average molecular weight is 282 g/mol. The van der Waals surface area contributed by atoms with Crippen molar-refractivity contribution in [2.75, 3.05) is 0 Å². The number of benzene rings is 2. The molecule has 0 bridgehead atoms. The highest BCUT2D eigenvalue weighted by atomic mass is 32.1. The summed E-state index contributed by atoms with van der Waals surface area (Å²) < 4.78 is 1.97. The summed E-state index contributed by atoms with van der Waals surface area (Å²) in [5.74, 6) is 0. The molecule has 0 saturated heterocycles. The van der Waals surface area contributed by atoms with Gasteiger partial charge in [0.15, 0.2) is 4.77 Å². The summed E-state index contributed by atoms with van der Waals surface area (Å²) in [5, 5.41) is 0.642. The van der Waals surface area contributed by atoms with E-state index in [-0.39, 0.29) is 5.56 Å². The van der Waals surface area contributed by atoms with E-state index in [9.17, 15) is 4.79 Å². The Balaban J connectivity index is 2.36. The maximum absolute atomic E-state index is 12.6.